The largest absolute Gasteiger partial charge is 0.240 e. The van der Waals surface area contributed by atoms with E-state index in [1.807, 2.05) is 6.07 Å². The molecule has 1 aromatic rings. The minimum atomic E-state index is -3.32. The fourth-order valence-electron chi connectivity index (χ4n) is 2.90. The van der Waals surface area contributed by atoms with E-state index in [-0.39, 0.29) is 0 Å². The van der Waals surface area contributed by atoms with E-state index in [1.54, 1.807) is 24.3 Å². The molecule has 1 aromatic carbocycles. The molecule has 0 saturated heterocycles. The van der Waals surface area contributed by atoms with Crippen LogP contribution in [0.2, 0.25) is 0 Å². The Bertz CT molecular complexity index is 484. The Hall–Kier alpha value is -0.870. The third-order valence-electron chi connectivity index (χ3n) is 3.94. The first-order chi connectivity index (χ1) is 9.08. The highest BCUT2D eigenvalue weighted by atomic mass is 32.2. The van der Waals surface area contributed by atoms with Crippen LogP contribution < -0.4 is 4.72 Å². The summed E-state index contributed by atoms with van der Waals surface area (Å²) in [6.07, 6.45) is 6.06. The number of nitrogens with one attached hydrogen (secondary N) is 1. The number of rotatable bonds is 5. The standard InChI is InChI=1S/C15H23NO2S/c1-13-6-5-7-14(12-13)10-11-16-19(17,18)15-8-3-2-4-9-15/h2-4,8-9,13-14,16H,5-7,10-12H2,1H3. The molecule has 0 spiro atoms. The van der Waals surface area contributed by atoms with Crippen LogP contribution >= 0.6 is 0 Å². The summed E-state index contributed by atoms with van der Waals surface area (Å²) in [6, 6.07) is 8.58. The lowest BCUT2D eigenvalue weighted by atomic mass is 9.81. The summed E-state index contributed by atoms with van der Waals surface area (Å²) in [6.45, 7) is 2.84. The van der Waals surface area contributed by atoms with Gasteiger partial charge in [0.1, 0.15) is 0 Å². The highest BCUT2D eigenvalue weighted by Gasteiger charge is 2.19. The third-order valence-corrected chi connectivity index (χ3v) is 5.42. The van der Waals surface area contributed by atoms with Gasteiger partial charge in [0, 0.05) is 6.54 Å². The van der Waals surface area contributed by atoms with Gasteiger partial charge in [-0.1, -0.05) is 44.4 Å². The van der Waals surface area contributed by atoms with Crippen molar-refractivity contribution in [2.24, 2.45) is 11.8 Å². The molecule has 3 nitrogen and oxygen atoms in total. The van der Waals surface area contributed by atoms with E-state index < -0.39 is 10.0 Å². The molecule has 0 aromatic heterocycles. The molecule has 0 heterocycles. The molecule has 1 saturated carbocycles. The maximum absolute atomic E-state index is 12.0. The molecule has 4 heteroatoms. The summed E-state index contributed by atoms with van der Waals surface area (Å²) in [5.41, 5.74) is 0. The molecule has 2 atom stereocenters. The number of hydrogen-bond acceptors (Lipinski definition) is 2. The lowest BCUT2D eigenvalue weighted by Gasteiger charge is -2.26. The van der Waals surface area contributed by atoms with E-state index in [1.165, 1.54) is 25.7 Å². The molecule has 106 valence electrons. The normalized spacial score (nSPS) is 24.3. The quantitative estimate of drug-likeness (QED) is 0.901. The van der Waals surface area contributed by atoms with Crippen LogP contribution in [0.5, 0.6) is 0 Å². The molecule has 1 aliphatic carbocycles. The van der Waals surface area contributed by atoms with E-state index in [2.05, 4.69) is 11.6 Å². The van der Waals surface area contributed by atoms with Crippen molar-refractivity contribution in [1.29, 1.82) is 0 Å². The summed E-state index contributed by atoms with van der Waals surface area (Å²) in [5, 5.41) is 0. The molecule has 1 N–H and O–H groups in total. The highest BCUT2D eigenvalue weighted by molar-refractivity contribution is 7.89. The lowest BCUT2D eigenvalue weighted by molar-refractivity contribution is 0.271. The van der Waals surface area contributed by atoms with E-state index in [0.29, 0.717) is 17.4 Å². The van der Waals surface area contributed by atoms with Crippen LogP contribution in [0.15, 0.2) is 35.2 Å². The van der Waals surface area contributed by atoms with Gasteiger partial charge in [-0.15, -0.1) is 0 Å². The molecular weight excluding hydrogens is 258 g/mol. The van der Waals surface area contributed by atoms with Gasteiger partial charge in [0.25, 0.3) is 0 Å². The van der Waals surface area contributed by atoms with Gasteiger partial charge in [-0.3, -0.25) is 0 Å². The highest BCUT2D eigenvalue weighted by Crippen LogP contribution is 2.30. The maximum atomic E-state index is 12.0. The first-order valence-electron chi connectivity index (χ1n) is 7.12. The zero-order valence-corrected chi connectivity index (χ0v) is 12.3. The fraction of sp³-hybridized carbons (Fsp3) is 0.600. The zero-order valence-electron chi connectivity index (χ0n) is 11.5. The monoisotopic (exact) mass is 281 g/mol. The average Bonchev–Trinajstić information content (AvgIpc) is 2.40. The summed E-state index contributed by atoms with van der Waals surface area (Å²) < 4.78 is 26.8. The minimum Gasteiger partial charge on any atom is -0.211 e. The second-order valence-corrected chi connectivity index (χ2v) is 7.40. The lowest BCUT2D eigenvalue weighted by Crippen LogP contribution is -2.27. The number of sulfonamides is 1. The molecule has 1 fully saturated rings. The zero-order chi connectivity index (χ0) is 13.7. The van der Waals surface area contributed by atoms with Gasteiger partial charge >= 0.3 is 0 Å². The Labute approximate surface area is 116 Å². The average molecular weight is 281 g/mol. The van der Waals surface area contributed by atoms with Gasteiger partial charge in [0.2, 0.25) is 10.0 Å². The van der Waals surface area contributed by atoms with Crippen LogP contribution in [-0.4, -0.2) is 15.0 Å². The van der Waals surface area contributed by atoms with Crippen molar-refractivity contribution >= 4 is 10.0 Å². The Morgan fingerprint density at radius 3 is 2.63 bits per heavy atom. The Morgan fingerprint density at radius 1 is 1.21 bits per heavy atom. The van der Waals surface area contributed by atoms with Crippen LogP contribution in [0.1, 0.15) is 39.0 Å². The van der Waals surface area contributed by atoms with Crippen LogP contribution in [0, 0.1) is 11.8 Å². The summed E-state index contributed by atoms with van der Waals surface area (Å²) >= 11 is 0. The molecule has 0 amide bonds. The molecule has 0 aliphatic heterocycles. The third kappa shape index (κ3) is 4.32. The molecule has 2 unspecified atom stereocenters. The van der Waals surface area contributed by atoms with Gasteiger partial charge in [0.05, 0.1) is 4.90 Å². The predicted molar refractivity (Wildman–Crippen MR) is 77.4 cm³/mol. The molecule has 0 radical (unpaired) electrons. The smallest absolute Gasteiger partial charge is 0.211 e. The molecule has 1 aliphatic rings. The van der Waals surface area contributed by atoms with Crippen LogP contribution in [0.4, 0.5) is 0 Å². The van der Waals surface area contributed by atoms with E-state index >= 15 is 0 Å². The topological polar surface area (TPSA) is 46.2 Å². The van der Waals surface area contributed by atoms with Crippen LogP contribution in [0.25, 0.3) is 0 Å². The Balaban J connectivity index is 1.82. The van der Waals surface area contributed by atoms with Crippen LogP contribution in [-0.2, 0) is 10.0 Å². The van der Waals surface area contributed by atoms with Crippen molar-refractivity contribution in [1.82, 2.24) is 4.72 Å². The fourth-order valence-corrected chi connectivity index (χ4v) is 3.97. The summed E-state index contributed by atoms with van der Waals surface area (Å²) in [5.74, 6) is 1.48. The summed E-state index contributed by atoms with van der Waals surface area (Å²) in [7, 11) is -3.32. The van der Waals surface area contributed by atoms with Crippen molar-refractivity contribution in [2.45, 2.75) is 43.9 Å². The van der Waals surface area contributed by atoms with Gasteiger partial charge in [-0.05, 0) is 36.8 Å². The minimum absolute atomic E-state index is 0.354. The van der Waals surface area contributed by atoms with Crippen molar-refractivity contribution in [3.8, 4) is 0 Å². The van der Waals surface area contributed by atoms with Crippen LogP contribution in [0.3, 0.4) is 0 Å². The Kier molecular flexibility index (Phi) is 4.99. The van der Waals surface area contributed by atoms with Gasteiger partial charge in [0.15, 0.2) is 0 Å². The van der Waals surface area contributed by atoms with Crippen molar-refractivity contribution < 1.29 is 8.42 Å². The number of benzene rings is 1. The van der Waals surface area contributed by atoms with Gasteiger partial charge in [-0.25, -0.2) is 13.1 Å². The van der Waals surface area contributed by atoms with E-state index in [4.69, 9.17) is 0 Å². The Morgan fingerprint density at radius 2 is 1.95 bits per heavy atom. The first-order valence-corrected chi connectivity index (χ1v) is 8.61. The summed E-state index contributed by atoms with van der Waals surface area (Å²) in [4.78, 5) is 0.354. The molecule has 2 rings (SSSR count). The van der Waals surface area contributed by atoms with Gasteiger partial charge < -0.3 is 0 Å². The second-order valence-electron chi connectivity index (χ2n) is 5.64. The SMILES string of the molecule is CC1CCCC(CCNS(=O)(=O)c2ccccc2)C1. The molecule has 19 heavy (non-hydrogen) atoms. The first kappa shape index (κ1) is 14.5. The second kappa shape index (κ2) is 6.53. The van der Waals surface area contributed by atoms with Crippen molar-refractivity contribution in [3.05, 3.63) is 30.3 Å². The van der Waals surface area contributed by atoms with E-state index in [0.717, 1.165) is 12.3 Å². The molecular formula is C15H23NO2S. The predicted octanol–water partition coefficient (Wildman–Crippen LogP) is 3.18. The number of hydrogen-bond donors (Lipinski definition) is 1. The van der Waals surface area contributed by atoms with Crippen molar-refractivity contribution in [2.75, 3.05) is 6.54 Å². The van der Waals surface area contributed by atoms with Gasteiger partial charge in [-0.2, -0.15) is 0 Å². The maximum Gasteiger partial charge on any atom is 0.240 e. The molecule has 0 bridgehead atoms. The van der Waals surface area contributed by atoms with Crippen molar-refractivity contribution in [3.63, 3.8) is 0 Å². The van der Waals surface area contributed by atoms with E-state index in [9.17, 15) is 8.42 Å².